The molecule has 0 atom stereocenters. The third kappa shape index (κ3) is 3.72. The molecule has 3 aromatic rings. The Hall–Kier alpha value is -2.41. The predicted octanol–water partition coefficient (Wildman–Crippen LogP) is 5.81. The van der Waals surface area contributed by atoms with E-state index in [1.165, 1.54) is 18.2 Å². The van der Waals surface area contributed by atoms with Crippen LogP contribution in [0.4, 0.5) is 9.39 Å². The molecule has 0 aliphatic rings. The number of carbonyl (C=O) groups is 2. The van der Waals surface area contributed by atoms with Gasteiger partial charge in [0.1, 0.15) is 16.4 Å². The van der Waals surface area contributed by atoms with Crippen LogP contribution in [0.25, 0.3) is 11.1 Å². The number of nitrogens with one attached hydrogen (secondary N) is 1. The van der Waals surface area contributed by atoms with Gasteiger partial charge in [-0.05, 0) is 36.4 Å². The van der Waals surface area contributed by atoms with Crippen molar-refractivity contribution in [3.05, 3.63) is 74.8 Å². The first kappa shape index (κ1) is 18.4. The molecule has 26 heavy (non-hydrogen) atoms. The molecule has 0 spiro atoms. The van der Waals surface area contributed by atoms with Crippen LogP contribution in [0.1, 0.15) is 20.7 Å². The number of amides is 1. The van der Waals surface area contributed by atoms with Gasteiger partial charge in [-0.25, -0.2) is 9.18 Å². The SMILES string of the molecule is O=C(Nc1scc(-c2ccc(Cl)cc2Cl)c1C(=O)O)c1ccc(F)cc1. The monoisotopic (exact) mass is 409 g/mol. The molecule has 2 N–H and O–H groups in total. The van der Waals surface area contributed by atoms with Crippen LogP contribution in [0.15, 0.2) is 47.8 Å². The van der Waals surface area contributed by atoms with Crippen LogP contribution in [-0.2, 0) is 0 Å². The Balaban J connectivity index is 1.98. The fraction of sp³-hybridized carbons (Fsp3) is 0. The first-order valence-corrected chi connectivity index (χ1v) is 8.87. The highest BCUT2D eigenvalue weighted by Gasteiger charge is 2.22. The summed E-state index contributed by atoms with van der Waals surface area (Å²) in [7, 11) is 0. The van der Waals surface area contributed by atoms with E-state index < -0.39 is 17.7 Å². The molecular weight excluding hydrogens is 400 g/mol. The van der Waals surface area contributed by atoms with E-state index >= 15 is 0 Å². The second-order valence-corrected chi connectivity index (χ2v) is 6.97. The van der Waals surface area contributed by atoms with Crippen molar-refractivity contribution in [3.63, 3.8) is 0 Å². The van der Waals surface area contributed by atoms with Gasteiger partial charge in [0.05, 0.1) is 0 Å². The number of hydrogen-bond acceptors (Lipinski definition) is 3. The molecule has 0 bridgehead atoms. The maximum absolute atomic E-state index is 13.0. The number of rotatable bonds is 4. The molecule has 3 rings (SSSR count). The average Bonchev–Trinajstić information content (AvgIpc) is 2.99. The van der Waals surface area contributed by atoms with Gasteiger partial charge in [0.15, 0.2) is 0 Å². The molecule has 0 saturated heterocycles. The van der Waals surface area contributed by atoms with Crippen LogP contribution < -0.4 is 5.32 Å². The second kappa shape index (κ2) is 7.45. The van der Waals surface area contributed by atoms with E-state index in [4.69, 9.17) is 23.2 Å². The van der Waals surface area contributed by atoms with Crippen molar-refractivity contribution >= 4 is 51.4 Å². The summed E-state index contributed by atoms with van der Waals surface area (Å²) in [4.78, 5) is 24.0. The third-order valence-electron chi connectivity index (χ3n) is 3.56. The van der Waals surface area contributed by atoms with Gasteiger partial charge >= 0.3 is 5.97 Å². The number of carboxylic acids is 1. The lowest BCUT2D eigenvalue weighted by atomic mass is 10.0. The van der Waals surface area contributed by atoms with Crippen molar-refractivity contribution in [1.82, 2.24) is 0 Å². The summed E-state index contributed by atoms with van der Waals surface area (Å²) in [5.41, 5.74) is 1.00. The molecular formula is C18H10Cl2FNO3S. The van der Waals surface area contributed by atoms with Crippen LogP contribution in [0.5, 0.6) is 0 Å². The van der Waals surface area contributed by atoms with Crippen molar-refractivity contribution in [2.45, 2.75) is 0 Å². The van der Waals surface area contributed by atoms with Crippen LogP contribution in [-0.4, -0.2) is 17.0 Å². The highest BCUT2D eigenvalue weighted by atomic mass is 35.5. The van der Waals surface area contributed by atoms with E-state index in [1.807, 2.05) is 0 Å². The molecule has 0 unspecified atom stereocenters. The summed E-state index contributed by atoms with van der Waals surface area (Å²) in [5, 5.41) is 14.6. The fourth-order valence-corrected chi connectivity index (χ4v) is 3.80. The molecule has 4 nitrogen and oxygen atoms in total. The van der Waals surface area contributed by atoms with E-state index in [2.05, 4.69) is 5.32 Å². The van der Waals surface area contributed by atoms with Gasteiger partial charge in [0, 0.05) is 32.1 Å². The summed E-state index contributed by atoms with van der Waals surface area (Å²) >= 11 is 13.1. The normalized spacial score (nSPS) is 10.6. The van der Waals surface area contributed by atoms with Crippen LogP contribution in [0.2, 0.25) is 10.0 Å². The van der Waals surface area contributed by atoms with Gasteiger partial charge in [-0.2, -0.15) is 0 Å². The summed E-state index contributed by atoms with van der Waals surface area (Å²) in [5.74, 6) is -2.21. The van der Waals surface area contributed by atoms with E-state index in [1.54, 1.807) is 17.5 Å². The number of hydrogen-bond donors (Lipinski definition) is 2. The van der Waals surface area contributed by atoms with Gasteiger partial charge in [-0.1, -0.05) is 29.3 Å². The summed E-state index contributed by atoms with van der Waals surface area (Å²) < 4.78 is 13.0. The molecule has 0 fully saturated rings. The molecule has 0 aliphatic carbocycles. The number of carbonyl (C=O) groups excluding carboxylic acids is 1. The Morgan fingerprint density at radius 1 is 1.04 bits per heavy atom. The minimum Gasteiger partial charge on any atom is -0.478 e. The largest absolute Gasteiger partial charge is 0.478 e. The third-order valence-corrected chi connectivity index (χ3v) is 5.00. The van der Waals surface area contributed by atoms with Crippen LogP contribution in [0.3, 0.4) is 0 Å². The van der Waals surface area contributed by atoms with Gasteiger partial charge in [0.25, 0.3) is 5.91 Å². The highest BCUT2D eigenvalue weighted by Crippen LogP contribution is 2.39. The molecule has 8 heteroatoms. The summed E-state index contributed by atoms with van der Waals surface area (Å²) in [6.45, 7) is 0. The Bertz CT molecular complexity index is 1000. The molecule has 0 aliphatic heterocycles. The second-order valence-electron chi connectivity index (χ2n) is 5.24. The lowest BCUT2D eigenvalue weighted by molar-refractivity contribution is 0.0699. The zero-order valence-electron chi connectivity index (χ0n) is 12.9. The van der Waals surface area contributed by atoms with Crippen molar-refractivity contribution in [2.24, 2.45) is 0 Å². The molecule has 0 saturated carbocycles. The van der Waals surface area contributed by atoms with Crippen molar-refractivity contribution < 1.29 is 19.1 Å². The number of carboxylic acid groups (broad SMARTS) is 1. The number of aromatic carboxylic acids is 1. The molecule has 132 valence electrons. The first-order valence-electron chi connectivity index (χ1n) is 7.24. The molecule has 2 aromatic carbocycles. The van der Waals surface area contributed by atoms with E-state index in [-0.39, 0.29) is 16.1 Å². The standard InChI is InChI=1S/C18H10Cl2FNO3S/c19-10-3-6-12(14(20)7-10)13-8-26-17(15(13)18(24)25)22-16(23)9-1-4-11(21)5-2-9/h1-8H,(H,22,23)(H,24,25). The molecule has 1 aromatic heterocycles. The number of thiophene rings is 1. The predicted molar refractivity (Wildman–Crippen MR) is 101 cm³/mol. The lowest BCUT2D eigenvalue weighted by Gasteiger charge is -2.07. The number of benzene rings is 2. The van der Waals surface area contributed by atoms with Gasteiger partial charge in [-0.3, -0.25) is 4.79 Å². The number of anilines is 1. The van der Waals surface area contributed by atoms with Crippen molar-refractivity contribution in [3.8, 4) is 11.1 Å². The Labute approximate surface area is 161 Å². The minimum absolute atomic E-state index is 0.0744. The Morgan fingerprint density at radius 3 is 2.35 bits per heavy atom. The summed E-state index contributed by atoms with van der Waals surface area (Å²) in [6, 6.07) is 9.66. The minimum atomic E-state index is -1.21. The zero-order chi connectivity index (χ0) is 18.8. The highest BCUT2D eigenvalue weighted by molar-refractivity contribution is 7.15. The van der Waals surface area contributed by atoms with Gasteiger partial charge in [-0.15, -0.1) is 11.3 Å². The van der Waals surface area contributed by atoms with E-state index in [0.717, 1.165) is 23.5 Å². The van der Waals surface area contributed by atoms with Crippen LogP contribution >= 0.6 is 34.5 Å². The molecule has 1 heterocycles. The van der Waals surface area contributed by atoms with Gasteiger partial charge < -0.3 is 10.4 Å². The zero-order valence-corrected chi connectivity index (χ0v) is 15.3. The maximum atomic E-state index is 13.0. The number of halogens is 3. The van der Waals surface area contributed by atoms with E-state index in [9.17, 15) is 19.1 Å². The first-order chi connectivity index (χ1) is 12.4. The lowest BCUT2D eigenvalue weighted by Crippen LogP contribution is -2.13. The quantitative estimate of drug-likeness (QED) is 0.570. The van der Waals surface area contributed by atoms with Crippen molar-refractivity contribution in [2.75, 3.05) is 5.32 Å². The van der Waals surface area contributed by atoms with Crippen LogP contribution in [0, 0.1) is 5.82 Å². The smallest absolute Gasteiger partial charge is 0.339 e. The van der Waals surface area contributed by atoms with Gasteiger partial charge in [0.2, 0.25) is 0 Å². The Kier molecular flexibility index (Phi) is 5.27. The van der Waals surface area contributed by atoms with Crippen molar-refractivity contribution in [1.29, 1.82) is 0 Å². The Morgan fingerprint density at radius 2 is 1.73 bits per heavy atom. The topological polar surface area (TPSA) is 66.4 Å². The average molecular weight is 410 g/mol. The maximum Gasteiger partial charge on any atom is 0.339 e. The fourth-order valence-electron chi connectivity index (χ4n) is 2.34. The molecule has 0 radical (unpaired) electrons. The summed E-state index contributed by atoms with van der Waals surface area (Å²) in [6.07, 6.45) is 0. The van der Waals surface area contributed by atoms with E-state index in [0.29, 0.717) is 21.2 Å². The molecule has 1 amide bonds.